The lowest BCUT2D eigenvalue weighted by Gasteiger charge is -2.38. The number of hydrogen-bond acceptors (Lipinski definition) is 4. The lowest BCUT2D eigenvalue weighted by Crippen LogP contribution is -2.50. The molecule has 0 bridgehead atoms. The second-order valence-electron chi connectivity index (χ2n) is 5.56. The number of nitrogens with one attached hydrogen (secondary N) is 1. The Kier molecular flexibility index (Phi) is 3.30. The number of hydrogen-bond donors (Lipinski definition) is 2. The van der Waals surface area contributed by atoms with E-state index >= 15 is 0 Å². The van der Waals surface area contributed by atoms with Gasteiger partial charge in [-0.15, -0.1) is 0 Å². The summed E-state index contributed by atoms with van der Waals surface area (Å²) in [5, 5.41) is 15.8. The molecule has 1 aliphatic rings. The van der Waals surface area contributed by atoms with Gasteiger partial charge >= 0.3 is 6.09 Å². The van der Waals surface area contributed by atoms with E-state index < -0.39 is 5.60 Å². The van der Waals surface area contributed by atoms with Gasteiger partial charge in [0.1, 0.15) is 5.60 Å². The van der Waals surface area contributed by atoms with Gasteiger partial charge in [-0.05, 0) is 26.8 Å². The summed E-state index contributed by atoms with van der Waals surface area (Å²) in [6, 6.07) is 1.83. The number of aliphatic hydroxyl groups excluding tert-OH is 1. The third-order valence-electron chi connectivity index (χ3n) is 2.77. The van der Waals surface area contributed by atoms with Crippen LogP contribution in [0.1, 0.15) is 38.1 Å². The van der Waals surface area contributed by atoms with E-state index in [-0.39, 0.29) is 18.6 Å². The lowest BCUT2D eigenvalue weighted by atomic mass is 9.97. The highest BCUT2D eigenvalue weighted by molar-refractivity contribution is 5.69. The van der Waals surface area contributed by atoms with Crippen molar-refractivity contribution in [2.24, 2.45) is 0 Å². The van der Waals surface area contributed by atoms with Gasteiger partial charge in [0, 0.05) is 19.0 Å². The fourth-order valence-corrected chi connectivity index (χ4v) is 1.81. The zero-order valence-electron chi connectivity index (χ0n) is 10.9. The zero-order valence-corrected chi connectivity index (χ0v) is 10.9. The summed E-state index contributed by atoms with van der Waals surface area (Å²) in [5.74, 6) is 0.231. The molecule has 100 valence electrons. The minimum absolute atomic E-state index is 0.0461. The fourth-order valence-electron chi connectivity index (χ4n) is 1.81. The van der Waals surface area contributed by atoms with E-state index in [1.54, 1.807) is 4.90 Å². The molecule has 1 aromatic heterocycles. The van der Waals surface area contributed by atoms with E-state index in [9.17, 15) is 4.79 Å². The van der Waals surface area contributed by atoms with Crippen molar-refractivity contribution in [1.82, 2.24) is 15.1 Å². The SMILES string of the molecule is CC(C)(C)OC(=O)N1CC(c2cc(CO)[nH]n2)C1. The zero-order chi connectivity index (χ0) is 13.3. The van der Waals surface area contributed by atoms with Gasteiger partial charge in [0.2, 0.25) is 0 Å². The molecule has 2 N–H and O–H groups in total. The van der Waals surface area contributed by atoms with Crippen LogP contribution in [0.15, 0.2) is 6.07 Å². The minimum atomic E-state index is -0.460. The Labute approximate surface area is 106 Å². The number of aromatic amines is 1. The summed E-state index contributed by atoms with van der Waals surface area (Å²) >= 11 is 0. The van der Waals surface area contributed by atoms with E-state index in [1.165, 1.54) is 0 Å². The normalized spacial score (nSPS) is 16.6. The second kappa shape index (κ2) is 4.61. The number of rotatable bonds is 2. The molecule has 0 radical (unpaired) electrons. The minimum Gasteiger partial charge on any atom is -0.444 e. The predicted octanol–water partition coefficient (Wildman–Crippen LogP) is 1.24. The monoisotopic (exact) mass is 253 g/mol. The maximum atomic E-state index is 11.7. The first-order valence-electron chi connectivity index (χ1n) is 6.02. The Morgan fingerprint density at radius 3 is 2.78 bits per heavy atom. The molecule has 6 heteroatoms. The van der Waals surface area contributed by atoms with Crippen LogP contribution >= 0.6 is 0 Å². The van der Waals surface area contributed by atoms with Crippen LogP contribution in [0.5, 0.6) is 0 Å². The van der Waals surface area contributed by atoms with Crippen LogP contribution in [0, 0.1) is 0 Å². The highest BCUT2D eigenvalue weighted by atomic mass is 16.6. The molecule has 0 atom stereocenters. The fraction of sp³-hybridized carbons (Fsp3) is 0.667. The molecule has 2 heterocycles. The van der Waals surface area contributed by atoms with E-state index in [1.807, 2.05) is 26.8 Å². The number of nitrogens with zero attached hydrogens (tertiary/aromatic N) is 2. The number of carbonyl (C=O) groups excluding carboxylic acids is 1. The van der Waals surface area contributed by atoms with Crippen molar-refractivity contribution >= 4 is 6.09 Å². The highest BCUT2D eigenvalue weighted by Gasteiger charge is 2.35. The number of likely N-dealkylation sites (tertiary alicyclic amines) is 1. The Morgan fingerprint density at radius 2 is 2.28 bits per heavy atom. The third kappa shape index (κ3) is 2.81. The van der Waals surface area contributed by atoms with Gasteiger partial charge < -0.3 is 14.7 Å². The molecule has 0 saturated carbocycles. The molecule has 1 fully saturated rings. The maximum absolute atomic E-state index is 11.7. The number of ether oxygens (including phenoxy) is 1. The molecule has 0 aliphatic carbocycles. The number of carbonyl (C=O) groups is 1. The molecule has 1 aliphatic heterocycles. The van der Waals surface area contributed by atoms with Gasteiger partial charge in [0.15, 0.2) is 0 Å². The van der Waals surface area contributed by atoms with Gasteiger partial charge in [-0.2, -0.15) is 5.10 Å². The molecular formula is C12H19N3O3. The number of aromatic nitrogens is 2. The number of aliphatic hydroxyl groups is 1. The van der Waals surface area contributed by atoms with E-state index in [0.29, 0.717) is 18.8 Å². The topological polar surface area (TPSA) is 78.5 Å². The van der Waals surface area contributed by atoms with Crippen LogP contribution in [-0.4, -0.2) is 45.0 Å². The van der Waals surface area contributed by atoms with Crippen molar-refractivity contribution in [1.29, 1.82) is 0 Å². The summed E-state index contributed by atoms with van der Waals surface area (Å²) in [7, 11) is 0. The molecule has 1 saturated heterocycles. The predicted molar refractivity (Wildman–Crippen MR) is 65.1 cm³/mol. The molecule has 2 rings (SSSR count). The summed E-state index contributed by atoms with van der Waals surface area (Å²) in [5.41, 5.74) is 1.12. The van der Waals surface area contributed by atoms with Crippen LogP contribution in [0.3, 0.4) is 0 Å². The second-order valence-corrected chi connectivity index (χ2v) is 5.56. The van der Waals surface area contributed by atoms with Gasteiger partial charge in [-0.1, -0.05) is 0 Å². The third-order valence-corrected chi connectivity index (χ3v) is 2.77. The van der Waals surface area contributed by atoms with Crippen LogP contribution in [-0.2, 0) is 11.3 Å². The first-order chi connectivity index (χ1) is 8.39. The van der Waals surface area contributed by atoms with E-state index in [4.69, 9.17) is 9.84 Å². The molecule has 6 nitrogen and oxygen atoms in total. The number of amides is 1. The van der Waals surface area contributed by atoms with Crippen LogP contribution in [0.2, 0.25) is 0 Å². The molecule has 18 heavy (non-hydrogen) atoms. The van der Waals surface area contributed by atoms with Crippen LogP contribution in [0.25, 0.3) is 0 Å². The Hall–Kier alpha value is -1.56. The quantitative estimate of drug-likeness (QED) is 0.831. The summed E-state index contributed by atoms with van der Waals surface area (Å²) in [6.45, 7) is 6.74. The van der Waals surface area contributed by atoms with Crippen molar-refractivity contribution < 1.29 is 14.6 Å². The Morgan fingerprint density at radius 1 is 1.61 bits per heavy atom. The lowest BCUT2D eigenvalue weighted by molar-refractivity contribution is 0.00787. The van der Waals surface area contributed by atoms with Crippen molar-refractivity contribution in [2.45, 2.75) is 38.9 Å². The maximum Gasteiger partial charge on any atom is 0.410 e. The average molecular weight is 253 g/mol. The van der Waals surface area contributed by atoms with Crippen molar-refractivity contribution in [3.63, 3.8) is 0 Å². The summed E-state index contributed by atoms with van der Waals surface area (Å²) in [4.78, 5) is 13.4. The van der Waals surface area contributed by atoms with Crippen molar-refractivity contribution in [3.05, 3.63) is 17.5 Å². The van der Waals surface area contributed by atoms with Crippen LogP contribution in [0.4, 0.5) is 4.79 Å². The summed E-state index contributed by atoms with van der Waals surface area (Å²) in [6.07, 6.45) is -0.281. The largest absolute Gasteiger partial charge is 0.444 e. The van der Waals surface area contributed by atoms with Gasteiger partial charge in [-0.25, -0.2) is 4.79 Å². The van der Waals surface area contributed by atoms with Gasteiger partial charge in [0.25, 0.3) is 0 Å². The first kappa shape index (κ1) is 12.9. The van der Waals surface area contributed by atoms with E-state index in [0.717, 1.165) is 5.69 Å². The van der Waals surface area contributed by atoms with Crippen molar-refractivity contribution in [2.75, 3.05) is 13.1 Å². The molecule has 1 amide bonds. The standard InChI is InChI=1S/C12H19N3O3/c1-12(2,3)18-11(17)15-5-8(6-15)10-4-9(7-16)13-14-10/h4,8,16H,5-7H2,1-3H3,(H,13,14). The average Bonchev–Trinajstić information content (AvgIpc) is 2.60. The number of H-pyrrole nitrogens is 1. The van der Waals surface area contributed by atoms with Gasteiger partial charge in [0.05, 0.1) is 18.0 Å². The summed E-state index contributed by atoms with van der Waals surface area (Å²) < 4.78 is 5.27. The molecule has 0 unspecified atom stereocenters. The van der Waals surface area contributed by atoms with Crippen LogP contribution < -0.4 is 0 Å². The van der Waals surface area contributed by atoms with Gasteiger partial charge in [-0.3, -0.25) is 5.10 Å². The molecular weight excluding hydrogens is 234 g/mol. The van der Waals surface area contributed by atoms with Crippen molar-refractivity contribution in [3.8, 4) is 0 Å². The molecule has 0 spiro atoms. The smallest absolute Gasteiger partial charge is 0.410 e. The molecule has 1 aromatic rings. The first-order valence-corrected chi connectivity index (χ1v) is 6.02. The Bertz CT molecular complexity index is 430. The van der Waals surface area contributed by atoms with E-state index in [2.05, 4.69) is 10.2 Å². The Balaban J connectivity index is 1.85. The molecule has 0 aromatic carbocycles. The highest BCUT2D eigenvalue weighted by Crippen LogP contribution is 2.27.